The number of fused-ring (bicyclic) bond motifs is 1. The van der Waals surface area contributed by atoms with Gasteiger partial charge in [-0.15, -0.1) is 0 Å². The highest BCUT2D eigenvalue weighted by molar-refractivity contribution is 5.84. The second-order valence-corrected chi connectivity index (χ2v) is 3.18. The lowest BCUT2D eigenvalue weighted by molar-refractivity contribution is 0.470. The van der Waals surface area contributed by atoms with Crippen LogP contribution in [0.25, 0.3) is 10.8 Å². The Morgan fingerprint density at radius 3 is 2.31 bits per heavy atom. The van der Waals surface area contributed by atoms with Gasteiger partial charge in [-0.25, -0.2) is 0 Å². The third-order valence-electron chi connectivity index (χ3n) is 2.33. The second kappa shape index (κ2) is 3.09. The number of hydrogen-bond donors (Lipinski definition) is 1. The summed E-state index contributed by atoms with van der Waals surface area (Å²) in [6.45, 7) is 2.05. The van der Waals surface area contributed by atoms with Crippen LogP contribution in [0.1, 0.15) is 12.5 Å². The van der Waals surface area contributed by atoms with Crippen LogP contribution in [0.5, 0.6) is 5.75 Å². The number of aryl methyl sites for hydroxylation is 1. The van der Waals surface area contributed by atoms with Crippen LogP contribution in [0.2, 0.25) is 0 Å². The van der Waals surface area contributed by atoms with Crippen LogP contribution >= 0.6 is 0 Å². The molecule has 0 aliphatic heterocycles. The van der Waals surface area contributed by atoms with Gasteiger partial charge in [0.25, 0.3) is 0 Å². The van der Waals surface area contributed by atoms with E-state index in [0.29, 0.717) is 5.75 Å². The van der Waals surface area contributed by atoms with E-state index in [4.69, 9.17) is 0 Å². The molecular formula is C12H12O. The van der Waals surface area contributed by atoms with Gasteiger partial charge in [0.2, 0.25) is 0 Å². The number of hydrogen-bond acceptors (Lipinski definition) is 1. The normalized spacial score (nSPS) is 10.5. The molecule has 0 aromatic heterocycles. The van der Waals surface area contributed by atoms with Crippen LogP contribution in [0.4, 0.5) is 0 Å². The van der Waals surface area contributed by atoms with E-state index in [0.717, 1.165) is 17.4 Å². The first-order valence-electron chi connectivity index (χ1n) is 4.52. The molecule has 0 radical (unpaired) electrons. The minimum absolute atomic E-state index is 0.404. The van der Waals surface area contributed by atoms with Gasteiger partial charge in [-0.05, 0) is 34.9 Å². The highest BCUT2D eigenvalue weighted by Crippen LogP contribution is 2.24. The van der Waals surface area contributed by atoms with Gasteiger partial charge < -0.3 is 5.11 Å². The molecule has 0 atom stereocenters. The molecule has 0 heterocycles. The van der Waals surface area contributed by atoms with Crippen molar-refractivity contribution >= 4 is 10.8 Å². The van der Waals surface area contributed by atoms with Gasteiger partial charge in [-0.2, -0.15) is 0 Å². The van der Waals surface area contributed by atoms with E-state index < -0.39 is 0 Å². The van der Waals surface area contributed by atoms with E-state index >= 15 is 0 Å². The van der Waals surface area contributed by atoms with Crippen LogP contribution in [-0.2, 0) is 6.42 Å². The quantitative estimate of drug-likeness (QED) is 0.700. The predicted octanol–water partition coefficient (Wildman–Crippen LogP) is 3.11. The lowest BCUT2D eigenvalue weighted by atomic mass is 10.0. The summed E-state index contributed by atoms with van der Waals surface area (Å²) in [6.07, 6.45) is 0.872. The van der Waals surface area contributed by atoms with E-state index in [9.17, 15) is 5.11 Å². The maximum absolute atomic E-state index is 9.61. The first-order chi connectivity index (χ1) is 6.31. The summed E-state index contributed by atoms with van der Waals surface area (Å²) in [6, 6.07) is 11.9. The molecular weight excluding hydrogens is 160 g/mol. The summed E-state index contributed by atoms with van der Waals surface area (Å²) in [5, 5.41) is 11.9. The van der Waals surface area contributed by atoms with Crippen molar-refractivity contribution in [1.29, 1.82) is 0 Å². The molecule has 0 unspecified atom stereocenters. The zero-order valence-electron chi connectivity index (χ0n) is 7.62. The molecule has 2 aromatic carbocycles. The third-order valence-corrected chi connectivity index (χ3v) is 2.33. The Labute approximate surface area is 77.6 Å². The largest absolute Gasteiger partial charge is 0.508 e. The highest BCUT2D eigenvalue weighted by Gasteiger charge is 2.00. The Kier molecular flexibility index (Phi) is 1.93. The zero-order chi connectivity index (χ0) is 9.26. The first kappa shape index (κ1) is 8.11. The van der Waals surface area contributed by atoms with E-state index in [1.54, 1.807) is 0 Å². The minimum Gasteiger partial charge on any atom is -0.508 e. The average Bonchev–Trinajstić information content (AvgIpc) is 2.17. The monoisotopic (exact) mass is 172 g/mol. The van der Waals surface area contributed by atoms with Gasteiger partial charge >= 0.3 is 0 Å². The van der Waals surface area contributed by atoms with Crippen molar-refractivity contribution in [3.63, 3.8) is 0 Å². The predicted molar refractivity (Wildman–Crippen MR) is 55.0 cm³/mol. The van der Waals surface area contributed by atoms with Gasteiger partial charge in [-0.3, -0.25) is 0 Å². The number of phenols is 1. The number of rotatable bonds is 1. The molecule has 13 heavy (non-hydrogen) atoms. The van der Waals surface area contributed by atoms with E-state index in [1.807, 2.05) is 37.3 Å². The molecule has 2 aromatic rings. The Morgan fingerprint density at radius 1 is 1.08 bits per heavy atom. The van der Waals surface area contributed by atoms with Crippen molar-refractivity contribution in [1.82, 2.24) is 0 Å². The fraction of sp³-hybridized carbons (Fsp3) is 0.167. The van der Waals surface area contributed by atoms with Crippen molar-refractivity contribution in [3.05, 3.63) is 42.0 Å². The van der Waals surface area contributed by atoms with Crippen molar-refractivity contribution in [2.75, 3.05) is 0 Å². The molecule has 0 fully saturated rings. The summed E-state index contributed by atoms with van der Waals surface area (Å²) < 4.78 is 0. The SMILES string of the molecule is CCc1cc2ccccc2cc1O. The lowest BCUT2D eigenvalue weighted by Crippen LogP contribution is -1.82. The molecule has 1 N–H and O–H groups in total. The molecule has 0 aliphatic rings. The Hall–Kier alpha value is -1.50. The van der Waals surface area contributed by atoms with Crippen molar-refractivity contribution in [2.45, 2.75) is 13.3 Å². The van der Waals surface area contributed by atoms with Gasteiger partial charge in [-0.1, -0.05) is 31.2 Å². The van der Waals surface area contributed by atoms with Crippen molar-refractivity contribution in [3.8, 4) is 5.75 Å². The van der Waals surface area contributed by atoms with Gasteiger partial charge in [0.1, 0.15) is 5.75 Å². The highest BCUT2D eigenvalue weighted by atomic mass is 16.3. The average molecular weight is 172 g/mol. The molecule has 2 rings (SSSR count). The second-order valence-electron chi connectivity index (χ2n) is 3.18. The standard InChI is InChI=1S/C12H12O/c1-2-9-7-10-5-3-4-6-11(10)8-12(9)13/h3-8,13H,2H2,1H3. The number of aromatic hydroxyl groups is 1. The van der Waals surface area contributed by atoms with Gasteiger partial charge in [0, 0.05) is 0 Å². The van der Waals surface area contributed by atoms with Crippen LogP contribution in [0.3, 0.4) is 0 Å². The lowest BCUT2D eigenvalue weighted by Gasteiger charge is -2.03. The molecule has 0 spiro atoms. The van der Waals surface area contributed by atoms with Crippen LogP contribution in [0, 0.1) is 0 Å². The van der Waals surface area contributed by atoms with E-state index in [2.05, 4.69) is 6.07 Å². The third kappa shape index (κ3) is 1.37. The molecule has 0 bridgehead atoms. The summed E-state index contributed by atoms with van der Waals surface area (Å²) >= 11 is 0. The number of phenolic OH excluding ortho intramolecular Hbond substituents is 1. The minimum atomic E-state index is 0.404. The van der Waals surface area contributed by atoms with Crippen molar-refractivity contribution in [2.24, 2.45) is 0 Å². The Balaban J connectivity index is 2.74. The molecule has 66 valence electrons. The van der Waals surface area contributed by atoms with Crippen LogP contribution in [-0.4, -0.2) is 5.11 Å². The van der Waals surface area contributed by atoms with Crippen LogP contribution in [0.15, 0.2) is 36.4 Å². The topological polar surface area (TPSA) is 20.2 Å². The number of benzene rings is 2. The van der Waals surface area contributed by atoms with E-state index in [-0.39, 0.29) is 0 Å². The Bertz CT molecular complexity index is 432. The summed E-state index contributed by atoms with van der Waals surface area (Å²) in [7, 11) is 0. The maximum Gasteiger partial charge on any atom is 0.119 e. The fourth-order valence-corrected chi connectivity index (χ4v) is 1.56. The molecule has 1 heteroatoms. The maximum atomic E-state index is 9.61. The molecule has 0 amide bonds. The molecule has 0 saturated carbocycles. The molecule has 0 saturated heterocycles. The zero-order valence-corrected chi connectivity index (χ0v) is 7.62. The molecule has 0 aliphatic carbocycles. The molecule has 1 nitrogen and oxygen atoms in total. The summed E-state index contributed by atoms with van der Waals surface area (Å²) in [5.41, 5.74) is 1.01. The smallest absolute Gasteiger partial charge is 0.119 e. The fourth-order valence-electron chi connectivity index (χ4n) is 1.56. The Morgan fingerprint density at radius 2 is 1.69 bits per heavy atom. The summed E-state index contributed by atoms with van der Waals surface area (Å²) in [5.74, 6) is 0.404. The van der Waals surface area contributed by atoms with Crippen molar-refractivity contribution < 1.29 is 5.11 Å². The van der Waals surface area contributed by atoms with Crippen LogP contribution < -0.4 is 0 Å². The van der Waals surface area contributed by atoms with Gasteiger partial charge in [0.05, 0.1) is 0 Å². The van der Waals surface area contributed by atoms with Gasteiger partial charge in [0.15, 0.2) is 0 Å². The van der Waals surface area contributed by atoms with E-state index in [1.165, 1.54) is 5.39 Å². The summed E-state index contributed by atoms with van der Waals surface area (Å²) in [4.78, 5) is 0. The first-order valence-corrected chi connectivity index (χ1v) is 4.52.